The van der Waals surface area contributed by atoms with Crippen molar-refractivity contribution in [2.24, 2.45) is 0 Å². The second kappa shape index (κ2) is 9.17. The van der Waals surface area contributed by atoms with Gasteiger partial charge in [-0.25, -0.2) is 9.36 Å². The maximum atomic E-state index is 13.6. The number of esters is 2. The van der Waals surface area contributed by atoms with Crippen molar-refractivity contribution >= 4 is 40.7 Å². The van der Waals surface area contributed by atoms with Crippen LogP contribution in [0.25, 0.3) is 11.2 Å². The van der Waals surface area contributed by atoms with Gasteiger partial charge in [0.05, 0.1) is 0 Å². The molecule has 1 saturated heterocycles. The Bertz CT molecular complexity index is 1130. The Morgan fingerprint density at radius 1 is 1.30 bits per heavy atom. The quantitative estimate of drug-likeness (QED) is 0.470. The van der Waals surface area contributed by atoms with E-state index in [0.717, 1.165) is 18.4 Å². The van der Waals surface area contributed by atoms with E-state index in [9.17, 15) is 27.6 Å². The van der Waals surface area contributed by atoms with Crippen molar-refractivity contribution in [3.8, 4) is 0 Å². The van der Waals surface area contributed by atoms with Gasteiger partial charge in [-0.1, -0.05) is 18.5 Å². The second-order valence-electron chi connectivity index (χ2n) is 7.37. The highest BCUT2D eigenvalue weighted by atomic mass is 35.5. The molecule has 3 heterocycles. The molecule has 2 N–H and O–H groups in total. The number of aryl methyl sites for hydroxylation is 1. The van der Waals surface area contributed by atoms with Crippen molar-refractivity contribution in [2.75, 3.05) is 5.73 Å². The molecule has 3 rings (SSSR count). The summed E-state index contributed by atoms with van der Waals surface area (Å²) in [5, 5.41) is -0.145. The van der Waals surface area contributed by atoms with E-state index < -0.39 is 54.8 Å². The minimum Gasteiger partial charge on any atom is -0.458 e. The lowest BCUT2D eigenvalue weighted by molar-refractivity contribution is -0.248. The van der Waals surface area contributed by atoms with Gasteiger partial charge in [-0.2, -0.15) is 23.1 Å². The van der Waals surface area contributed by atoms with E-state index in [4.69, 9.17) is 26.8 Å². The van der Waals surface area contributed by atoms with Crippen LogP contribution in [-0.4, -0.2) is 55.5 Å². The number of hydrogen-bond acceptors (Lipinski definition) is 9. The van der Waals surface area contributed by atoms with Gasteiger partial charge < -0.3 is 19.9 Å². The van der Waals surface area contributed by atoms with Crippen LogP contribution in [0.1, 0.15) is 39.8 Å². The molecule has 4 atom stereocenters. The molecule has 0 saturated carbocycles. The first-order chi connectivity index (χ1) is 15.3. The molecule has 0 bridgehead atoms. The fourth-order valence-corrected chi connectivity index (χ4v) is 4.02. The predicted octanol–water partition coefficient (Wildman–Crippen LogP) is 1.95. The predicted molar refractivity (Wildman–Crippen MR) is 107 cm³/mol. The number of hydrogen-bond donors (Lipinski definition) is 1. The summed E-state index contributed by atoms with van der Waals surface area (Å²) in [4.78, 5) is 44.0. The summed E-state index contributed by atoms with van der Waals surface area (Å²) < 4.78 is 58.1. The highest BCUT2D eigenvalue weighted by Gasteiger charge is 2.54. The van der Waals surface area contributed by atoms with Crippen LogP contribution in [0.5, 0.6) is 0 Å². The molecular weight excluding hydrogens is 475 g/mol. The van der Waals surface area contributed by atoms with Gasteiger partial charge in [-0.3, -0.25) is 14.2 Å². The van der Waals surface area contributed by atoms with E-state index in [0.29, 0.717) is 6.42 Å². The number of carbonyl (C=O) groups is 2. The Morgan fingerprint density at radius 2 is 1.97 bits per heavy atom. The summed E-state index contributed by atoms with van der Waals surface area (Å²) in [6.07, 6.45) is -12.3. The molecule has 0 aliphatic carbocycles. The molecule has 182 valence electrons. The Balaban J connectivity index is 2.17. The zero-order valence-electron chi connectivity index (χ0n) is 17.8. The minimum atomic E-state index is -4.98. The fourth-order valence-electron chi connectivity index (χ4n) is 3.75. The molecule has 15 heteroatoms. The number of alkyl halides is 3. The maximum Gasteiger partial charge on any atom is 0.428 e. The Morgan fingerprint density at radius 3 is 2.52 bits per heavy atom. The second-order valence-corrected chi connectivity index (χ2v) is 7.73. The number of ether oxygens (including phenoxy) is 3. The van der Waals surface area contributed by atoms with Gasteiger partial charge in [0.2, 0.25) is 12.1 Å². The van der Waals surface area contributed by atoms with Crippen LogP contribution in [0.2, 0.25) is 5.15 Å². The largest absolute Gasteiger partial charge is 0.458 e. The number of fused-ring (bicyclic) bond motifs is 1. The molecule has 0 amide bonds. The first kappa shape index (κ1) is 24.8. The van der Waals surface area contributed by atoms with Crippen molar-refractivity contribution in [1.29, 1.82) is 0 Å². The third-order valence-corrected chi connectivity index (χ3v) is 5.11. The first-order valence-corrected chi connectivity index (χ1v) is 10.2. The number of nitrogens with two attached hydrogens (primary N) is 1. The fraction of sp³-hybridized carbons (Fsp3) is 0.611. The average Bonchev–Trinajstić information content (AvgIpc) is 3.17. The van der Waals surface area contributed by atoms with Crippen LogP contribution in [0.3, 0.4) is 0 Å². The van der Waals surface area contributed by atoms with Gasteiger partial charge in [0.25, 0.3) is 0 Å². The maximum absolute atomic E-state index is 13.6. The Hall–Kier alpha value is -2.87. The van der Waals surface area contributed by atoms with Gasteiger partial charge in [0.1, 0.15) is 17.7 Å². The molecule has 1 fully saturated rings. The van der Waals surface area contributed by atoms with E-state index in [2.05, 4.69) is 14.7 Å². The Labute approximate surface area is 189 Å². The van der Waals surface area contributed by atoms with E-state index in [1.165, 1.54) is 4.57 Å². The molecule has 2 aromatic heterocycles. The standard InChI is InChI=1S/C18H21ClF3N5O6/c1-4-5-26-11-13(19)24-16(23)25-14(11)27(17(26)30)15-10(31-7(2)28)6-9(33-15)12(18(20,21)22)32-8(3)29/h9-10,12,15H,4-6H2,1-3H3,(H2,23,24,25)/t9-,10+,12+,15+/m0/s1. The average molecular weight is 496 g/mol. The summed E-state index contributed by atoms with van der Waals surface area (Å²) in [7, 11) is 0. The van der Waals surface area contributed by atoms with E-state index >= 15 is 0 Å². The number of halogens is 4. The van der Waals surface area contributed by atoms with E-state index in [-0.39, 0.29) is 28.8 Å². The molecule has 1 aliphatic heterocycles. The number of imidazole rings is 1. The molecule has 0 unspecified atom stereocenters. The molecule has 11 nitrogen and oxygen atoms in total. The number of rotatable bonds is 6. The number of nitrogens with zero attached hydrogens (tertiary/aromatic N) is 4. The summed E-state index contributed by atoms with van der Waals surface area (Å²) >= 11 is 6.18. The first-order valence-electron chi connectivity index (χ1n) is 9.85. The molecule has 2 aromatic rings. The monoisotopic (exact) mass is 495 g/mol. The number of anilines is 1. The van der Waals surface area contributed by atoms with Crippen molar-refractivity contribution in [2.45, 2.75) is 70.9 Å². The van der Waals surface area contributed by atoms with Crippen LogP contribution in [-0.2, 0) is 30.3 Å². The summed E-state index contributed by atoms with van der Waals surface area (Å²) in [5.74, 6) is -2.29. The molecular formula is C18H21ClF3N5O6. The lowest BCUT2D eigenvalue weighted by Crippen LogP contribution is -2.43. The van der Waals surface area contributed by atoms with Gasteiger partial charge in [0.15, 0.2) is 17.0 Å². The van der Waals surface area contributed by atoms with Crippen LogP contribution < -0.4 is 11.4 Å². The molecule has 0 aromatic carbocycles. The summed E-state index contributed by atoms with van der Waals surface area (Å²) in [5.41, 5.74) is 4.92. The van der Waals surface area contributed by atoms with Crippen LogP contribution in [0.4, 0.5) is 19.1 Å². The van der Waals surface area contributed by atoms with Crippen LogP contribution >= 0.6 is 11.6 Å². The molecule has 1 aliphatic rings. The van der Waals surface area contributed by atoms with Gasteiger partial charge in [0, 0.05) is 26.8 Å². The number of nitrogen functional groups attached to an aromatic ring is 1. The highest BCUT2D eigenvalue weighted by Crippen LogP contribution is 2.39. The van der Waals surface area contributed by atoms with Crippen LogP contribution in [0, 0.1) is 0 Å². The molecule has 0 radical (unpaired) electrons. The Kier molecular flexibility index (Phi) is 6.88. The normalized spacial score (nSPS) is 21.8. The number of aromatic nitrogens is 4. The van der Waals surface area contributed by atoms with Crippen molar-refractivity contribution in [3.05, 3.63) is 15.6 Å². The summed E-state index contributed by atoms with van der Waals surface area (Å²) in [6, 6.07) is 0. The van der Waals surface area contributed by atoms with Gasteiger partial charge in [-0.05, 0) is 6.42 Å². The van der Waals surface area contributed by atoms with Crippen LogP contribution in [0.15, 0.2) is 4.79 Å². The smallest absolute Gasteiger partial charge is 0.428 e. The highest BCUT2D eigenvalue weighted by molar-refractivity contribution is 6.33. The minimum absolute atomic E-state index is 0.0960. The lowest BCUT2D eigenvalue weighted by Gasteiger charge is -2.25. The number of carbonyl (C=O) groups excluding carboxylic acids is 2. The van der Waals surface area contributed by atoms with Crippen molar-refractivity contribution in [1.82, 2.24) is 19.1 Å². The zero-order valence-corrected chi connectivity index (χ0v) is 18.5. The van der Waals surface area contributed by atoms with E-state index in [1.54, 1.807) is 6.92 Å². The van der Waals surface area contributed by atoms with Crippen molar-refractivity contribution < 1.29 is 37.0 Å². The van der Waals surface area contributed by atoms with Crippen molar-refractivity contribution in [3.63, 3.8) is 0 Å². The third-order valence-electron chi connectivity index (χ3n) is 4.84. The van der Waals surface area contributed by atoms with E-state index in [1.807, 2.05) is 0 Å². The third kappa shape index (κ3) is 4.90. The topological polar surface area (TPSA) is 141 Å². The summed E-state index contributed by atoms with van der Waals surface area (Å²) in [6.45, 7) is 3.85. The van der Waals surface area contributed by atoms with Gasteiger partial charge in [-0.15, -0.1) is 0 Å². The molecule has 0 spiro atoms. The van der Waals surface area contributed by atoms with Gasteiger partial charge >= 0.3 is 23.8 Å². The SMILES string of the molecule is CCCn1c(=O)n([C@@H]2O[C@H]([C@@H](OC(C)=O)C(F)(F)F)C[C@H]2OC(C)=O)c2nc(N)nc(Cl)c21. The molecule has 33 heavy (non-hydrogen) atoms. The zero-order chi connectivity index (χ0) is 24.7. The lowest BCUT2D eigenvalue weighted by atomic mass is 10.1.